The third-order valence-electron chi connectivity index (χ3n) is 1.20. The van der Waals surface area contributed by atoms with E-state index in [1.807, 2.05) is 0 Å². The van der Waals surface area contributed by atoms with Gasteiger partial charge in [-0.3, -0.25) is 0 Å². The van der Waals surface area contributed by atoms with Crippen molar-refractivity contribution in [2.45, 2.75) is 32.9 Å². The molecule has 0 nitrogen and oxygen atoms in total. The first-order valence-corrected chi connectivity index (χ1v) is 3.28. The molecular weight excluding hydrogens is 141 g/mol. The molecule has 3 heteroatoms. The van der Waals surface area contributed by atoms with E-state index in [0.29, 0.717) is 6.42 Å². The molecule has 0 aliphatic carbocycles. The Labute approximate surface area is 58.7 Å². The average molecular weight is 152 g/mol. The molecule has 0 spiro atoms. The van der Waals surface area contributed by atoms with Crippen molar-refractivity contribution in [3.63, 3.8) is 0 Å². The molecule has 0 radical (unpaired) electrons. The van der Waals surface area contributed by atoms with Crippen LogP contribution in [0.1, 0.15) is 26.7 Å². The smallest absolute Gasteiger partial charge is 0.166 e. The molecule has 60 valence electrons. The zero-order valence-electron chi connectivity index (χ0n) is 6.13. The minimum atomic E-state index is -4.12. The molecule has 0 aromatic heterocycles. The highest BCUT2D eigenvalue weighted by atomic mass is 19.4. The van der Waals surface area contributed by atoms with Gasteiger partial charge in [-0.05, 0) is 12.8 Å². The Hall–Kier alpha value is -0.470. The van der Waals surface area contributed by atoms with Gasteiger partial charge in [0.2, 0.25) is 0 Å². The van der Waals surface area contributed by atoms with Gasteiger partial charge in [0.15, 0.2) is 0 Å². The summed E-state index contributed by atoms with van der Waals surface area (Å²) in [5.74, 6) is 0. The van der Waals surface area contributed by atoms with E-state index in [9.17, 15) is 13.2 Å². The highest BCUT2D eigenvalue weighted by Gasteiger charge is 2.31. The van der Waals surface area contributed by atoms with Crippen molar-refractivity contribution in [2.75, 3.05) is 0 Å². The van der Waals surface area contributed by atoms with Crippen LogP contribution in [-0.2, 0) is 0 Å². The number of hydrogen-bond donors (Lipinski definition) is 0. The van der Waals surface area contributed by atoms with Crippen molar-refractivity contribution >= 4 is 0 Å². The molecule has 0 saturated carbocycles. The second-order valence-electron chi connectivity index (χ2n) is 1.99. The minimum absolute atomic E-state index is 0.0668. The summed E-state index contributed by atoms with van der Waals surface area (Å²) < 4.78 is 35.5. The predicted molar refractivity (Wildman–Crippen MR) is 34.7 cm³/mol. The van der Waals surface area contributed by atoms with Crippen molar-refractivity contribution in [3.8, 4) is 0 Å². The van der Waals surface area contributed by atoms with Crippen LogP contribution in [0.15, 0.2) is 11.6 Å². The lowest BCUT2D eigenvalue weighted by molar-refractivity contribution is -0.0937. The number of hydrogen-bond acceptors (Lipinski definition) is 0. The van der Waals surface area contributed by atoms with Crippen LogP contribution < -0.4 is 0 Å². The van der Waals surface area contributed by atoms with E-state index in [1.54, 1.807) is 6.92 Å². The number of alkyl halides is 3. The maximum absolute atomic E-state index is 11.8. The molecule has 0 fully saturated rings. The summed E-state index contributed by atoms with van der Waals surface area (Å²) in [7, 11) is 0. The number of allylic oxidation sites excluding steroid dienone is 2. The van der Waals surface area contributed by atoms with Crippen LogP contribution in [0.4, 0.5) is 13.2 Å². The number of halogens is 3. The molecular formula is C7H11F3. The summed E-state index contributed by atoms with van der Waals surface area (Å²) >= 11 is 0. The first-order chi connectivity index (χ1) is 4.52. The van der Waals surface area contributed by atoms with E-state index < -0.39 is 11.7 Å². The van der Waals surface area contributed by atoms with Crippen LogP contribution in [0.25, 0.3) is 0 Å². The molecule has 0 unspecified atom stereocenters. The quantitative estimate of drug-likeness (QED) is 0.532. The highest BCUT2D eigenvalue weighted by molar-refractivity contribution is 5.07. The molecule has 0 heterocycles. The first-order valence-electron chi connectivity index (χ1n) is 3.28. The lowest BCUT2D eigenvalue weighted by atomic mass is 10.1. The average Bonchev–Trinajstić information content (AvgIpc) is 1.80. The zero-order chi connectivity index (χ0) is 8.20. The van der Waals surface area contributed by atoms with Crippen LogP contribution >= 0.6 is 0 Å². The van der Waals surface area contributed by atoms with E-state index in [4.69, 9.17) is 0 Å². The summed E-state index contributed by atoms with van der Waals surface area (Å²) in [6.45, 7) is 3.20. The Bertz CT molecular complexity index is 121. The SMILES string of the molecule is CC/C=C(/CC)C(F)(F)F. The van der Waals surface area contributed by atoms with E-state index in [-0.39, 0.29) is 6.42 Å². The monoisotopic (exact) mass is 152 g/mol. The lowest BCUT2D eigenvalue weighted by Gasteiger charge is -2.07. The molecule has 0 rings (SSSR count). The summed E-state index contributed by atoms with van der Waals surface area (Å²) in [5.41, 5.74) is -0.421. The summed E-state index contributed by atoms with van der Waals surface area (Å²) in [5, 5.41) is 0. The van der Waals surface area contributed by atoms with Gasteiger partial charge in [0.1, 0.15) is 0 Å². The van der Waals surface area contributed by atoms with E-state index in [2.05, 4.69) is 0 Å². The van der Waals surface area contributed by atoms with Gasteiger partial charge >= 0.3 is 6.18 Å². The first kappa shape index (κ1) is 9.53. The van der Waals surface area contributed by atoms with Gasteiger partial charge in [0, 0.05) is 5.57 Å². The molecule has 0 bridgehead atoms. The second-order valence-corrected chi connectivity index (χ2v) is 1.99. The van der Waals surface area contributed by atoms with Gasteiger partial charge in [-0.2, -0.15) is 13.2 Å². The summed E-state index contributed by atoms with van der Waals surface area (Å²) in [6, 6.07) is 0. The molecule has 0 aliphatic rings. The zero-order valence-corrected chi connectivity index (χ0v) is 6.13. The van der Waals surface area contributed by atoms with Crippen molar-refractivity contribution in [3.05, 3.63) is 11.6 Å². The van der Waals surface area contributed by atoms with Gasteiger partial charge in [-0.15, -0.1) is 0 Å². The Kier molecular flexibility index (Phi) is 3.47. The Morgan fingerprint density at radius 1 is 1.30 bits per heavy atom. The normalized spacial score (nSPS) is 13.9. The molecule has 0 aromatic carbocycles. The Morgan fingerprint density at radius 2 is 1.80 bits per heavy atom. The van der Waals surface area contributed by atoms with Crippen molar-refractivity contribution in [2.24, 2.45) is 0 Å². The molecule has 0 aliphatic heterocycles. The van der Waals surface area contributed by atoms with Crippen molar-refractivity contribution in [1.82, 2.24) is 0 Å². The highest BCUT2D eigenvalue weighted by Crippen LogP contribution is 2.27. The third kappa shape index (κ3) is 2.90. The van der Waals surface area contributed by atoms with Crippen LogP contribution in [0.5, 0.6) is 0 Å². The van der Waals surface area contributed by atoms with Gasteiger partial charge in [0.25, 0.3) is 0 Å². The van der Waals surface area contributed by atoms with E-state index in [1.165, 1.54) is 13.0 Å². The molecule has 10 heavy (non-hydrogen) atoms. The molecule has 0 saturated heterocycles. The summed E-state index contributed by atoms with van der Waals surface area (Å²) in [6.07, 6.45) is -2.38. The van der Waals surface area contributed by atoms with Gasteiger partial charge in [-0.25, -0.2) is 0 Å². The van der Waals surface area contributed by atoms with E-state index >= 15 is 0 Å². The Balaban J connectivity index is 4.21. The maximum atomic E-state index is 11.8. The lowest BCUT2D eigenvalue weighted by Crippen LogP contribution is -2.10. The van der Waals surface area contributed by atoms with Crippen LogP contribution in [0.3, 0.4) is 0 Å². The standard InChI is InChI=1S/C7H11F3/c1-3-5-6(4-2)7(8,9)10/h5H,3-4H2,1-2H3/b6-5-. The van der Waals surface area contributed by atoms with Crippen molar-refractivity contribution in [1.29, 1.82) is 0 Å². The second kappa shape index (κ2) is 3.64. The van der Waals surface area contributed by atoms with Crippen LogP contribution in [0, 0.1) is 0 Å². The largest absolute Gasteiger partial charge is 0.412 e. The van der Waals surface area contributed by atoms with Crippen LogP contribution in [0.2, 0.25) is 0 Å². The third-order valence-corrected chi connectivity index (χ3v) is 1.20. The summed E-state index contributed by atoms with van der Waals surface area (Å²) in [4.78, 5) is 0. The molecule has 0 aromatic rings. The fourth-order valence-electron chi connectivity index (χ4n) is 0.707. The molecule has 0 N–H and O–H groups in total. The van der Waals surface area contributed by atoms with Crippen molar-refractivity contribution < 1.29 is 13.2 Å². The van der Waals surface area contributed by atoms with Gasteiger partial charge < -0.3 is 0 Å². The molecule has 0 amide bonds. The van der Waals surface area contributed by atoms with Crippen LogP contribution in [-0.4, -0.2) is 6.18 Å². The minimum Gasteiger partial charge on any atom is -0.166 e. The fraction of sp³-hybridized carbons (Fsp3) is 0.714. The predicted octanol–water partition coefficient (Wildman–Crippen LogP) is 3.30. The number of rotatable bonds is 2. The molecule has 0 atom stereocenters. The fourth-order valence-corrected chi connectivity index (χ4v) is 0.707. The topological polar surface area (TPSA) is 0 Å². The van der Waals surface area contributed by atoms with Gasteiger partial charge in [0.05, 0.1) is 0 Å². The van der Waals surface area contributed by atoms with E-state index in [0.717, 1.165) is 0 Å². The van der Waals surface area contributed by atoms with Gasteiger partial charge in [-0.1, -0.05) is 19.9 Å². The maximum Gasteiger partial charge on any atom is 0.412 e. The Morgan fingerprint density at radius 3 is 1.90 bits per heavy atom.